The van der Waals surface area contributed by atoms with Crippen LogP contribution in [0.15, 0.2) is 18.2 Å². The quantitative estimate of drug-likeness (QED) is 0.626. The highest BCUT2D eigenvalue weighted by Gasteiger charge is 2.66. The molecule has 1 fully saturated rings. The predicted molar refractivity (Wildman–Crippen MR) is 81.5 cm³/mol. The zero-order valence-corrected chi connectivity index (χ0v) is 13.5. The zero-order chi connectivity index (χ0) is 14.4. The van der Waals surface area contributed by atoms with Crippen molar-refractivity contribution in [2.24, 2.45) is 0 Å². The molecule has 108 valence electrons. The zero-order valence-electron chi connectivity index (χ0n) is 11.3. The maximum atomic E-state index is 12.6. The number of benzene rings is 1. The molecule has 2 atom stereocenters. The first kappa shape index (κ1) is 14.1. The number of hydrogen-bond acceptors (Lipinski definition) is 4. The lowest BCUT2D eigenvalue weighted by Gasteiger charge is -2.41. The molecule has 0 unspecified atom stereocenters. The molecule has 1 aliphatic heterocycles. The molecule has 4 nitrogen and oxygen atoms in total. The monoisotopic (exact) mass is 388 g/mol. The van der Waals surface area contributed by atoms with E-state index in [9.17, 15) is 9.90 Å². The molecular weight excluding hydrogens is 371 g/mol. The lowest BCUT2D eigenvalue weighted by molar-refractivity contribution is -0.209. The fraction of sp³-hybridized carbons (Fsp3) is 0.533. The molecule has 0 radical (unpaired) electrons. The first-order valence-electron chi connectivity index (χ1n) is 6.92. The molecule has 2 aliphatic rings. The normalized spacial score (nSPS) is 31.1. The van der Waals surface area contributed by atoms with Crippen LogP contribution in [0.2, 0.25) is 0 Å². The summed E-state index contributed by atoms with van der Waals surface area (Å²) in [5, 5.41) is 10.9. The fourth-order valence-corrected chi connectivity index (χ4v) is 3.87. The number of carbonyl (C=O) groups excluding carboxylic acids is 1. The second-order valence-electron chi connectivity index (χ2n) is 5.36. The van der Waals surface area contributed by atoms with Gasteiger partial charge >= 0.3 is 5.97 Å². The molecule has 0 saturated heterocycles. The van der Waals surface area contributed by atoms with Gasteiger partial charge in [0.2, 0.25) is 5.79 Å². The Morgan fingerprint density at radius 3 is 2.95 bits per heavy atom. The van der Waals surface area contributed by atoms with E-state index in [0.717, 1.165) is 22.0 Å². The highest BCUT2D eigenvalue weighted by molar-refractivity contribution is 14.1. The van der Waals surface area contributed by atoms with Crippen molar-refractivity contribution in [1.29, 1.82) is 0 Å². The van der Waals surface area contributed by atoms with Gasteiger partial charge in [0, 0.05) is 15.6 Å². The Morgan fingerprint density at radius 1 is 1.45 bits per heavy atom. The summed E-state index contributed by atoms with van der Waals surface area (Å²) >= 11 is 2.20. The smallest absolute Gasteiger partial charge is 0.323 e. The van der Waals surface area contributed by atoms with Crippen LogP contribution in [0.5, 0.6) is 5.75 Å². The van der Waals surface area contributed by atoms with Gasteiger partial charge in [0.05, 0.1) is 6.61 Å². The summed E-state index contributed by atoms with van der Waals surface area (Å²) < 4.78 is 12.1. The van der Waals surface area contributed by atoms with Gasteiger partial charge in [-0.2, -0.15) is 0 Å². The second-order valence-corrected chi connectivity index (χ2v) is 6.61. The summed E-state index contributed by atoms with van der Waals surface area (Å²) in [5.41, 5.74) is -0.303. The minimum absolute atomic E-state index is 0.302. The van der Waals surface area contributed by atoms with E-state index in [1.54, 1.807) is 6.92 Å². The molecule has 3 rings (SSSR count). The van der Waals surface area contributed by atoms with Crippen LogP contribution < -0.4 is 4.74 Å². The number of esters is 1. The molecule has 1 aliphatic carbocycles. The maximum absolute atomic E-state index is 12.6. The summed E-state index contributed by atoms with van der Waals surface area (Å²) in [6, 6.07) is 5.67. The molecule has 1 saturated carbocycles. The molecule has 1 aromatic rings. The molecule has 20 heavy (non-hydrogen) atoms. The average molecular weight is 388 g/mol. The Bertz CT molecular complexity index is 559. The molecule has 0 bridgehead atoms. The summed E-state index contributed by atoms with van der Waals surface area (Å²) in [6.45, 7) is 2.08. The predicted octanol–water partition coefficient (Wildman–Crippen LogP) is 2.75. The van der Waals surface area contributed by atoms with Crippen molar-refractivity contribution < 1.29 is 19.4 Å². The molecule has 0 spiro atoms. The topological polar surface area (TPSA) is 55.8 Å². The lowest BCUT2D eigenvalue weighted by Crippen LogP contribution is -2.58. The third-order valence-corrected chi connectivity index (χ3v) is 4.96. The Balaban J connectivity index is 2.18. The number of rotatable bonds is 2. The van der Waals surface area contributed by atoms with Crippen molar-refractivity contribution in [3.8, 4) is 5.75 Å². The van der Waals surface area contributed by atoms with Gasteiger partial charge in [-0.05, 0) is 60.6 Å². The van der Waals surface area contributed by atoms with E-state index >= 15 is 0 Å². The van der Waals surface area contributed by atoms with E-state index in [0.29, 0.717) is 25.2 Å². The van der Waals surface area contributed by atoms with Crippen LogP contribution >= 0.6 is 22.6 Å². The van der Waals surface area contributed by atoms with Gasteiger partial charge in [0.15, 0.2) is 5.41 Å². The van der Waals surface area contributed by atoms with E-state index in [2.05, 4.69) is 22.6 Å². The van der Waals surface area contributed by atoms with Crippen LogP contribution in [0.3, 0.4) is 0 Å². The molecule has 0 amide bonds. The number of halogens is 1. The van der Waals surface area contributed by atoms with Crippen LogP contribution in [0, 0.1) is 3.57 Å². The van der Waals surface area contributed by atoms with E-state index in [1.165, 1.54) is 0 Å². The van der Waals surface area contributed by atoms with Gasteiger partial charge < -0.3 is 14.6 Å². The molecule has 1 aromatic carbocycles. The van der Waals surface area contributed by atoms with Crippen molar-refractivity contribution in [2.75, 3.05) is 6.61 Å². The van der Waals surface area contributed by atoms with Crippen LogP contribution in [-0.4, -0.2) is 23.5 Å². The van der Waals surface area contributed by atoms with Crippen molar-refractivity contribution in [3.05, 3.63) is 27.3 Å². The highest BCUT2D eigenvalue weighted by Crippen LogP contribution is 2.56. The molecule has 0 aromatic heterocycles. The van der Waals surface area contributed by atoms with Crippen molar-refractivity contribution in [1.82, 2.24) is 0 Å². The molecular formula is C15H17IO4. The highest BCUT2D eigenvalue weighted by atomic mass is 127. The Hall–Kier alpha value is -0.820. The Labute approximate surface area is 131 Å². The lowest BCUT2D eigenvalue weighted by atomic mass is 9.66. The Kier molecular flexibility index (Phi) is 3.44. The van der Waals surface area contributed by atoms with Gasteiger partial charge in [0.1, 0.15) is 5.75 Å². The van der Waals surface area contributed by atoms with E-state index in [1.807, 2.05) is 18.2 Å². The maximum Gasteiger partial charge on any atom is 0.323 e. The van der Waals surface area contributed by atoms with Crippen LogP contribution in [0.4, 0.5) is 0 Å². The standard InChI is InChI=1S/C15H17IO4/c1-2-19-13(17)14-7-3-4-8-15(14,18)20-12-6-5-10(16)9-11(12)14/h5-6,9,18H,2-4,7-8H2,1H3/t14-,15-/m1/s1. The number of aliphatic hydroxyl groups is 1. The number of hydrogen-bond donors (Lipinski definition) is 1. The molecule has 1 heterocycles. The number of ether oxygens (including phenoxy) is 2. The van der Waals surface area contributed by atoms with Crippen LogP contribution in [0.1, 0.15) is 38.2 Å². The Morgan fingerprint density at radius 2 is 2.20 bits per heavy atom. The largest absolute Gasteiger partial charge is 0.465 e. The third kappa shape index (κ3) is 1.79. The van der Waals surface area contributed by atoms with Crippen molar-refractivity contribution in [2.45, 2.75) is 43.8 Å². The number of fused-ring (bicyclic) bond motifs is 3. The molecule has 5 heteroatoms. The van der Waals surface area contributed by atoms with Gasteiger partial charge in [-0.3, -0.25) is 4.79 Å². The summed E-state index contributed by atoms with van der Waals surface area (Å²) in [4.78, 5) is 12.6. The SMILES string of the molecule is CCOC(=O)[C@]12CCCC[C@@]1(O)Oc1ccc(I)cc12. The van der Waals surface area contributed by atoms with Gasteiger partial charge in [0.25, 0.3) is 0 Å². The fourth-order valence-electron chi connectivity index (χ4n) is 3.38. The second kappa shape index (κ2) is 4.87. The summed E-state index contributed by atoms with van der Waals surface area (Å²) in [5.74, 6) is -1.24. The van der Waals surface area contributed by atoms with Gasteiger partial charge in [-0.25, -0.2) is 0 Å². The van der Waals surface area contributed by atoms with Crippen LogP contribution in [0.25, 0.3) is 0 Å². The van der Waals surface area contributed by atoms with Crippen LogP contribution in [-0.2, 0) is 14.9 Å². The summed E-state index contributed by atoms with van der Waals surface area (Å²) in [7, 11) is 0. The first-order chi connectivity index (χ1) is 9.53. The minimum atomic E-state index is -1.47. The number of carbonyl (C=O) groups is 1. The van der Waals surface area contributed by atoms with E-state index in [-0.39, 0.29) is 5.97 Å². The van der Waals surface area contributed by atoms with Crippen molar-refractivity contribution in [3.63, 3.8) is 0 Å². The van der Waals surface area contributed by atoms with Crippen molar-refractivity contribution >= 4 is 28.6 Å². The third-order valence-electron chi connectivity index (χ3n) is 4.29. The molecule has 1 N–H and O–H groups in total. The van der Waals surface area contributed by atoms with E-state index in [4.69, 9.17) is 9.47 Å². The van der Waals surface area contributed by atoms with E-state index < -0.39 is 11.2 Å². The summed E-state index contributed by atoms with van der Waals surface area (Å²) in [6.07, 6.45) is 2.75. The first-order valence-corrected chi connectivity index (χ1v) is 8.00. The van der Waals surface area contributed by atoms with Gasteiger partial charge in [-0.1, -0.05) is 6.42 Å². The minimum Gasteiger partial charge on any atom is -0.465 e. The average Bonchev–Trinajstić information content (AvgIpc) is 2.68. The van der Waals surface area contributed by atoms with Gasteiger partial charge in [-0.15, -0.1) is 0 Å².